The Labute approximate surface area is 143 Å². The Morgan fingerprint density at radius 1 is 1.57 bits per heavy atom. The van der Waals surface area contributed by atoms with E-state index < -0.39 is 26.0 Å². The lowest BCUT2D eigenvalue weighted by molar-refractivity contribution is -0.484. The molecule has 0 aromatic carbocycles. The molecule has 2 N–H and O–H groups in total. The molecule has 0 aliphatic carbocycles. The summed E-state index contributed by atoms with van der Waals surface area (Å²) in [5, 5.41) is 14.3. The first-order valence-electron chi connectivity index (χ1n) is 6.10. The second-order valence-corrected chi connectivity index (χ2v) is 6.95. The second kappa shape index (κ2) is 8.13. The van der Waals surface area contributed by atoms with Crippen molar-refractivity contribution in [2.75, 3.05) is 13.3 Å². The summed E-state index contributed by atoms with van der Waals surface area (Å²) in [4.78, 5) is 17.7. The number of nitrogens with one attached hydrogen (secondary N) is 2. The molecule has 23 heavy (non-hydrogen) atoms. The van der Waals surface area contributed by atoms with E-state index in [1.165, 1.54) is 13.2 Å². The summed E-state index contributed by atoms with van der Waals surface area (Å²) in [6.07, 6.45) is 2.35. The number of amidine groups is 1. The predicted molar refractivity (Wildman–Crippen MR) is 90.8 cm³/mol. The summed E-state index contributed by atoms with van der Waals surface area (Å²) in [7, 11) is -2.38. The molecule has 0 aliphatic heterocycles. The Hall–Kier alpha value is -1.85. The molecule has 0 spiro atoms. The fourth-order valence-corrected chi connectivity index (χ4v) is 2.80. The Balaban J connectivity index is 2.88. The van der Waals surface area contributed by atoms with Crippen molar-refractivity contribution in [3.05, 3.63) is 39.2 Å². The fourth-order valence-electron chi connectivity index (χ4n) is 1.56. The standard InChI is InChI=1S/C11H14ClN5O4S2/c1-13-10(15-6-7-3-4-8(12)14-5-7)9(17(18)19)11(22)16-23(2,20)21/h3-5,9H,6H2,1-2H3,(H,13,15)(H,16,22). The molecule has 12 heteroatoms. The molecule has 1 rings (SSSR count). The van der Waals surface area contributed by atoms with Crippen LogP contribution in [0.3, 0.4) is 0 Å². The lowest BCUT2D eigenvalue weighted by atomic mass is 10.2. The van der Waals surface area contributed by atoms with Gasteiger partial charge in [0.25, 0.3) is 0 Å². The van der Waals surface area contributed by atoms with Crippen molar-refractivity contribution >= 4 is 44.7 Å². The number of aromatic nitrogens is 1. The molecule has 1 atom stereocenters. The molecule has 126 valence electrons. The largest absolute Gasteiger partial charge is 0.364 e. The van der Waals surface area contributed by atoms with E-state index >= 15 is 0 Å². The molecule has 1 unspecified atom stereocenters. The third-order valence-corrected chi connectivity index (χ3v) is 3.78. The van der Waals surface area contributed by atoms with Crippen molar-refractivity contribution in [2.24, 2.45) is 4.99 Å². The van der Waals surface area contributed by atoms with Crippen LogP contribution in [0, 0.1) is 10.1 Å². The van der Waals surface area contributed by atoms with Gasteiger partial charge in [0.05, 0.1) is 6.26 Å². The molecule has 1 heterocycles. The lowest BCUT2D eigenvalue weighted by Crippen LogP contribution is -2.50. The number of nitrogens with zero attached hydrogens (tertiary/aromatic N) is 3. The van der Waals surface area contributed by atoms with Crippen LogP contribution in [0.15, 0.2) is 23.3 Å². The van der Waals surface area contributed by atoms with Crippen molar-refractivity contribution in [2.45, 2.75) is 12.6 Å². The maximum Gasteiger partial charge on any atom is 0.319 e. The van der Waals surface area contributed by atoms with Crippen LogP contribution in [-0.4, -0.2) is 48.5 Å². The molecule has 9 nitrogen and oxygen atoms in total. The van der Waals surface area contributed by atoms with Crippen LogP contribution in [0.5, 0.6) is 0 Å². The number of halogens is 1. The number of hydrogen-bond acceptors (Lipinski definition) is 7. The van der Waals surface area contributed by atoms with Gasteiger partial charge in [-0.2, -0.15) is 0 Å². The lowest BCUT2D eigenvalue weighted by Gasteiger charge is -2.15. The molecule has 0 aliphatic rings. The monoisotopic (exact) mass is 379 g/mol. The first kappa shape index (κ1) is 19.2. The quantitative estimate of drug-likeness (QED) is 0.182. The predicted octanol–water partition coefficient (Wildman–Crippen LogP) is 0.375. The molecular formula is C11H14ClN5O4S2. The average molecular weight is 380 g/mol. The Kier molecular flexibility index (Phi) is 6.79. The number of rotatable bonds is 6. The zero-order valence-electron chi connectivity index (χ0n) is 12.2. The number of aliphatic imine (C=N–C) groups is 1. The van der Waals surface area contributed by atoms with Crippen LogP contribution in [0.2, 0.25) is 5.15 Å². The Morgan fingerprint density at radius 3 is 2.65 bits per heavy atom. The van der Waals surface area contributed by atoms with Crippen molar-refractivity contribution < 1.29 is 13.3 Å². The number of hydrogen-bond donors (Lipinski definition) is 2. The topological polar surface area (TPSA) is 127 Å². The molecular weight excluding hydrogens is 366 g/mol. The van der Waals surface area contributed by atoms with Crippen molar-refractivity contribution in [1.29, 1.82) is 0 Å². The Morgan fingerprint density at radius 2 is 2.22 bits per heavy atom. The summed E-state index contributed by atoms with van der Waals surface area (Å²) in [6, 6.07) is 1.65. The van der Waals surface area contributed by atoms with E-state index in [0.717, 1.165) is 6.26 Å². The van der Waals surface area contributed by atoms with E-state index in [0.29, 0.717) is 10.7 Å². The normalized spacial score (nSPS) is 13.3. The number of thiocarbonyl (C=S) groups is 1. The highest BCUT2D eigenvalue weighted by atomic mass is 35.5. The highest BCUT2D eigenvalue weighted by Gasteiger charge is 2.33. The highest BCUT2D eigenvalue weighted by Crippen LogP contribution is 2.05. The second-order valence-electron chi connectivity index (χ2n) is 4.38. The molecule has 1 aromatic heterocycles. The minimum absolute atomic E-state index is 0.0777. The van der Waals surface area contributed by atoms with Crippen LogP contribution >= 0.6 is 23.8 Å². The van der Waals surface area contributed by atoms with Gasteiger partial charge in [-0.1, -0.05) is 29.9 Å². The van der Waals surface area contributed by atoms with E-state index in [2.05, 4.69) is 15.3 Å². The van der Waals surface area contributed by atoms with Gasteiger partial charge < -0.3 is 5.32 Å². The molecule has 0 saturated carbocycles. The van der Waals surface area contributed by atoms with E-state index in [1.807, 2.05) is 4.72 Å². The van der Waals surface area contributed by atoms with Gasteiger partial charge in [0.1, 0.15) is 5.15 Å². The van der Waals surface area contributed by atoms with Gasteiger partial charge >= 0.3 is 6.04 Å². The molecule has 0 radical (unpaired) electrons. The summed E-state index contributed by atoms with van der Waals surface area (Å²) in [5.74, 6) is -0.0777. The minimum atomic E-state index is -3.72. The number of nitro groups is 1. The molecule has 0 amide bonds. The third kappa shape index (κ3) is 6.42. The van der Waals surface area contributed by atoms with Crippen LogP contribution in [-0.2, 0) is 16.6 Å². The molecule has 0 bridgehead atoms. The van der Waals surface area contributed by atoms with E-state index in [4.69, 9.17) is 23.8 Å². The highest BCUT2D eigenvalue weighted by molar-refractivity contribution is 7.91. The third-order valence-electron chi connectivity index (χ3n) is 2.51. The van der Waals surface area contributed by atoms with Crippen molar-refractivity contribution in [3.63, 3.8) is 0 Å². The van der Waals surface area contributed by atoms with Gasteiger partial charge in [0.2, 0.25) is 10.0 Å². The van der Waals surface area contributed by atoms with Crippen LogP contribution in [0.1, 0.15) is 5.56 Å². The first-order valence-corrected chi connectivity index (χ1v) is 8.78. The maximum atomic E-state index is 11.2. The molecule has 1 aromatic rings. The van der Waals surface area contributed by atoms with Crippen LogP contribution < -0.4 is 10.0 Å². The fraction of sp³-hybridized carbons (Fsp3) is 0.364. The summed E-state index contributed by atoms with van der Waals surface area (Å²) < 4.78 is 24.3. The summed E-state index contributed by atoms with van der Waals surface area (Å²) >= 11 is 10.5. The smallest absolute Gasteiger partial charge is 0.319 e. The number of sulfonamides is 1. The van der Waals surface area contributed by atoms with Gasteiger partial charge in [-0.15, -0.1) is 0 Å². The van der Waals surface area contributed by atoms with E-state index in [1.54, 1.807) is 12.1 Å². The van der Waals surface area contributed by atoms with Gasteiger partial charge in [-0.05, 0) is 11.6 Å². The number of pyridine rings is 1. The average Bonchev–Trinajstić information content (AvgIpc) is 2.42. The van der Waals surface area contributed by atoms with E-state index in [-0.39, 0.29) is 12.4 Å². The van der Waals surface area contributed by atoms with Crippen molar-refractivity contribution in [1.82, 2.24) is 15.0 Å². The van der Waals surface area contributed by atoms with Gasteiger partial charge in [-0.25, -0.2) is 13.4 Å². The Bertz CT molecular complexity index is 720. The SMILES string of the molecule is CN=C(NCc1ccc(Cl)nc1)C(C(=S)NS(C)(=O)=O)[N+](=O)[O-]. The van der Waals surface area contributed by atoms with Gasteiger partial charge in [-0.3, -0.25) is 19.8 Å². The molecule has 0 saturated heterocycles. The van der Waals surface area contributed by atoms with Crippen LogP contribution in [0.4, 0.5) is 0 Å². The first-order chi connectivity index (χ1) is 10.6. The maximum absolute atomic E-state index is 11.2. The molecule has 0 fully saturated rings. The van der Waals surface area contributed by atoms with Gasteiger partial charge in [0, 0.05) is 24.7 Å². The summed E-state index contributed by atoms with van der Waals surface area (Å²) in [6.45, 7) is 0.183. The van der Waals surface area contributed by atoms with Crippen LogP contribution in [0.25, 0.3) is 0 Å². The van der Waals surface area contributed by atoms with Crippen molar-refractivity contribution in [3.8, 4) is 0 Å². The zero-order chi connectivity index (χ0) is 17.6. The zero-order valence-corrected chi connectivity index (χ0v) is 14.6. The summed E-state index contributed by atoms with van der Waals surface area (Å²) in [5.41, 5.74) is 0.708. The van der Waals surface area contributed by atoms with Gasteiger partial charge in [0.15, 0.2) is 10.8 Å². The van der Waals surface area contributed by atoms with E-state index in [9.17, 15) is 18.5 Å². The minimum Gasteiger partial charge on any atom is -0.364 e.